The fourth-order valence-corrected chi connectivity index (χ4v) is 6.06. The second-order valence-electron chi connectivity index (χ2n) is 12.8. The van der Waals surface area contributed by atoms with E-state index in [0.717, 1.165) is 18.2 Å². The van der Waals surface area contributed by atoms with E-state index in [9.17, 15) is 60.7 Å². The highest BCUT2D eigenvalue weighted by atomic mass is 16.7. The highest BCUT2D eigenvalue weighted by Crippen LogP contribution is 2.39. The number of carbonyl (C=O) groups is 1. The maximum absolute atomic E-state index is 14.2. The molecule has 300 valence electrons. The number of aliphatic hydroxyl groups is 7. The van der Waals surface area contributed by atoms with E-state index in [1.807, 2.05) is 0 Å². The van der Waals surface area contributed by atoms with Crippen LogP contribution in [0.3, 0.4) is 0 Å². The van der Waals surface area contributed by atoms with Crippen LogP contribution in [0.1, 0.15) is 5.56 Å². The first-order valence-electron chi connectivity index (χ1n) is 16.9. The lowest BCUT2D eigenvalue weighted by Gasteiger charge is -2.41. The van der Waals surface area contributed by atoms with Gasteiger partial charge in [-0.25, -0.2) is 4.79 Å². The number of hydrogen-bond donors (Lipinski definition) is 10. The van der Waals surface area contributed by atoms with Crippen molar-refractivity contribution < 1.29 is 88.7 Å². The zero-order valence-electron chi connectivity index (χ0n) is 29.2. The number of hydrogen-bond acceptors (Lipinski definition) is 19. The van der Waals surface area contributed by atoms with Gasteiger partial charge in [0.15, 0.2) is 23.4 Å². The van der Waals surface area contributed by atoms with E-state index >= 15 is 0 Å². The number of phenols is 3. The van der Waals surface area contributed by atoms with Gasteiger partial charge in [0.25, 0.3) is 0 Å². The quantitative estimate of drug-likeness (QED) is 0.0658. The number of fused-ring (bicyclic) bond motifs is 1. The normalized spacial score (nSPS) is 27.9. The number of ether oxygens (including phenoxy) is 6. The van der Waals surface area contributed by atoms with Crippen LogP contribution in [0.15, 0.2) is 69.9 Å². The molecular weight excluding hydrogens is 748 g/mol. The van der Waals surface area contributed by atoms with E-state index in [1.54, 1.807) is 0 Å². The highest BCUT2D eigenvalue weighted by molar-refractivity contribution is 5.89. The standard InChI is InChI=1S/C37H38O19/c1-50-21-10-15(2-8-19(21)41)3-9-25(43)55-35-31(48)28(45)24(14-39)54-37(35)56-34-29(46)26-20(42)11-18(51-36-32(49)30(47)27(44)23(13-38)53-36)12-22(26)52-33(34)16-4-6-17(40)7-5-16/h2-12,23-24,27-28,30-32,35-42,44-45,47-49H,13-14H2,1H3. The van der Waals surface area contributed by atoms with Crippen molar-refractivity contribution in [1.29, 1.82) is 0 Å². The highest BCUT2D eigenvalue weighted by Gasteiger charge is 2.49. The summed E-state index contributed by atoms with van der Waals surface area (Å²) in [5, 5.41) is 102. The van der Waals surface area contributed by atoms with E-state index in [2.05, 4.69) is 0 Å². The Morgan fingerprint density at radius 2 is 1.43 bits per heavy atom. The fraction of sp³-hybridized carbons (Fsp3) is 0.351. The first-order chi connectivity index (χ1) is 26.7. The number of benzene rings is 3. The van der Waals surface area contributed by atoms with Crippen LogP contribution in [-0.4, -0.2) is 139 Å². The van der Waals surface area contributed by atoms with Crippen LogP contribution in [0.25, 0.3) is 28.4 Å². The van der Waals surface area contributed by atoms with E-state index in [4.69, 9.17) is 32.8 Å². The van der Waals surface area contributed by atoms with Crippen LogP contribution in [0.5, 0.6) is 34.5 Å². The molecule has 0 amide bonds. The summed E-state index contributed by atoms with van der Waals surface area (Å²) in [6.07, 6.45) is -15.1. The molecule has 4 aromatic rings. The number of carbonyl (C=O) groups excluding carboxylic acids is 1. The van der Waals surface area contributed by atoms with Crippen molar-refractivity contribution in [1.82, 2.24) is 0 Å². The number of esters is 1. The van der Waals surface area contributed by atoms with Crippen molar-refractivity contribution in [3.8, 4) is 45.8 Å². The van der Waals surface area contributed by atoms with Crippen molar-refractivity contribution in [3.05, 3.63) is 76.5 Å². The Labute approximate surface area is 315 Å². The summed E-state index contributed by atoms with van der Waals surface area (Å²) in [6, 6.07) is 11.4. The third-order valence-electron chi connectivity index (χ3n) is 9.06. The van der Waals surface area contributed by atoms with Gasteiger partial charge in [-0.15, -0.1) is 0 Å². The molecule has 1 aromatic heterocycles. The molecule has 10 unspecified atom stereocenters. The number of methoxy groups -OCH3 is 1. The SMILES string of the molecule is COc1cc(C=CC(=O)OC2C(Oc3c(-c4ccc(O)cc4)oc4cc(OC5OC(CO)C(O)C(O)C5O)cc(O)c4c3=O)OC(CO)C(O)C2O)ccc1O. The van der Waals surface area contributed by atoms with E-state index in [0.29, 0.717) is 5.56 Å². The summed E-state index contributed by atoms with van der Waals surface area (Å²) in [7, 11) is 1.33. The lowest BCUT2D eigenvalue weighted by atomic mass is 9.99. The Morgan fingerprint density at radius 3 is 2.09 bits per heavy atom. The Hall–Kier alpha value is -5.48. The maximum atomic E-state index is 14.2. The van der Waals surface area contributed by atoms with E-state index < -0.39 is 103 Å². The minimum atomic E-state index is -1.95. The van der Waals surface area contributed by atoms with Gasteiger partial charge in [-0.05, 0) is 48.0 Å². The predicted octanol–water partition coefficient (Wildman–Crippen LogP) is -0.793. The van der Waals surface area contributed by atoms with Crippen molar-refractivity contribution in [2.24, 2.45) is 0 Å². The van der Waals surface area contributed by atoms with E-state index in [-0.39, 0.29) is 39.9 Å². The van der Waals surface area contributed by atoms with Crippen molar-refractivity contribution in [2.45, 2.75) is 61.4 Å². The molecule has 19 nitrogen and oxygen atoms in total. The van der Waals surface area contributed by atoms with Gasteiger partial charge < -0.3 is 83.9 Å². The van der Waals surface area contributed by atoms with Crippen LogP contribution in [0, 0.1) is 0 Å². The lowest BCUT2D eigenvalue weighted by molar-refractivity contribution is -0.281. The van der Waals surface area contributed by atoms with Gasteiger partial charge >= 0.3 is 5.97 Å². The first kappa shape index (κ1) is 40.2. The van der Waals surface area contributed by atoms with Gasteiger partial charge in [0.1, 0.15) is 70.9 Å². The second kappa shape index (κ2) is 16.7. The third kappa shape index (κ3) is 8.07. The van der Waals surface area contributed by atoms with Crippen LogP contribution in [0.4, 0.5) is 0 Å². The maximum Gasteiger partial charge on any atom is 0.331 e. The average Bonchev–Trinajstić information content (AvgIpc) is 3.18. The van der Waals surface area contributed by atoms with Crippen molar-refractivity contribution >= 4 is 23.0 Å². The van der Waals surface area contributed by atoms with Gasteiger partial charge in [-0.3, -0.25) is 4.79 Å². The minimum absolute atomic E-state index is 0.104. The third-order valence-corrected chi connectivity index (χ3v) is 9.06. The molecule has 2 fully saturated rings. The molecule has 0 aliphatic carbocycles. The zero-order chi connectivity index (χ0) is 40.4. The average molecular weight is 787 g/mol. The summed E-state index contributed by atoms with van der Waals surface area (Å²) in [6.45, 7) is -1.59. The van der Waals surface area contributed by atoms with Gasteiger partial charge in [-0.1, -0.05) is 6.07 Å². The Bertz CT molecular complexity index is 2110. The molecule has 2 aliphatic heterocycles. The Kier molecular flexibility index (Phi) is 12.0. The fourth-order valence-electron chi connectivity index (χ4n) is 6.06. The molecule has 2 aliphatic rings. The van der Waals surface area contributed by atoms with Gasteiger partial charge in [0.05, 0.1) is 20.3 Å². The molecule has 0 radical (unpaired) electrons. The Morgan fingerprint density at radius 1 is 0.768 bits per heavy atom. The largest absolute Gasteiger partial charge is 0.508 e. The summed E-state index contributed by atoms with van der Waals surface area (Å²) < 4.78 is 39.1. The topological polar surface area (TPSA) is 305 Å². The van der Waals surface area contributed by atoms with E-state index in [1.165, 1.54) is 55.7 Å². The van der Waals surface area contributed by atoms with Crippen LogP contribution in [-0.2, 0) is 19.0 Å². The smallest absolute Gasteiger partial charge is 0.331 e. The zero-order valence-corrected chi connectivity index (χ0v) is 29.2. The monoisotopic (exact) mass is 786 g/mol. The van der Waals surface area contributed by atoms with Gasteiger partial charge in [0.2, 0.25) is 23.8 Å². The summed E-state index contributed by atoms with van der Waals surface area (Å²) in [5.74, 6) is -3.35. The molecular formula is C37H38O19. The van der Waals surface area contributed by atoms with Crippen molar-refractivity contribution in [3.63, 3.8) is 0 Å². The second-order valence-corrected chi connectivity index (χ2v) is 12.8. The van der Waals surface area contributed by atoms with Crippen molar-refractivity contribution in [2.75, 3.05) is 20.3 Å². The summed E-state index contributed by atoms with van der Waals surface area (Å²) in [4.78, 5) is 27.2. The van der Waals surface area contributed by atoms with Crippen LogP contribution < -0.4 is 19.6 Å². The molecule has 10 N–H and O–H groups in total. The lowest BCUT2D eigenvalue weighted by Crippen LogP contribution is -2.61. The van der Waals surface area contributed by atoms with Crippen LogP contribution >= 0.6 is 0 Å². The number of aliphatic hydroxyl groups excluding tert-OH is 7. The molecule has 10 atom stereocenters. The molecule has 56 heavy (non-hydrogen) atoms. The van der Waals surface area contributed by atoms with Gasteiger partial charge in [-0.2, -0.15) is 0 Å². The molecule has 0 bridgehead atoms. The molecule has 6 rings (SSSR count). The number of aromatic hydroxyl groups is 3. The molecule has 0 spiro atoms. The predicted molar refractivity (Wildman–Crippen MR) is 188 cm³/mol. The van der Waals surface area contributed by atoms with Crippen LogP contribution in [0.2, 0.25) is 0 Å². The molecule has 3 heterocycles. The van der Waals surface area contributed by atoms with Gasteiger partial charge in [0, 0.05) is 23.8 Å². The number of phenolic OH excluding ortho intramolecular Hbond substituents is 3. The minimum Gasteiger partial charge on any atom is -0.508 e. The molecule has 3 aromatic carbocycles. The summed E-state index contributed by atoms with van der Waals surface area (Å²) in [5.41, 5.74) is -0.883. The number of rotatable bonds is 11. The summed E-state index contributed by atoms with van der Waals surface area (Å²) >= 11 is 0. The first-order valence-corrected chi connectivity index (χ1v) is 16.9. The molecule has 19 heteroatoms. The molecule has 2 saturated heterocycles. The molecule has 0 saturated carbocycles. The Balaban J connectivity index is 1.37.